The number of nitrogens with zero attached hydrogens (tertiary/aromatic N) is 2. The van der Waals surface area contributed by atoms with E-state index in [-0.39, 0.29) is 23.9 Å². The van der Waals surface area contributed by atoms with E-state index < -0.39 is 10.0 Å². The van der Waals surface area contributed by atoms with Gasteiger partial charge in [-0.2, -0.15) is 4.31 Å². The molecule has 0 aliphatic rings. The number of hydrogen-bond acceptors (Lipinski definition) is 6. The zero-order chi connectivity index (χ0) is 27.0. The number of aryl methyl sites for hydroxylation is 2. The van der Waals surface area contributed by atoms with Crippen molar-refractivity contribution < 1.29 is 22.7 Å². The normalized spacial score (nSPS) is 11.4. The van der Waals surface area contributed by atoms with E-state index >= 15 is 0 Å². The maximum atomic E-state index is 13.6. The van der Waals surface area contributed by atoms with Gasteiger partial charge in [0.2, 0.25) is 15.9 Å². The predicted molar refractivity (Wildman–Crippen MR) is 148 cm³/mol. The van der Waals surface area contributed by atoms with E-state index in [1.807, 2.05) is 43.5 Å². The van der Waals surface area contributed by atoms with E-state index in [1.165, 1.54) is 10.4 Å². The van der Waals surface area contributed by atoms with Crippen molar-refractivity contribution in [1.29, 1.82) is 0 Å². The topological polar surface area (TPSA) is 76.2 Å². The quantitative estimate of drug-likeness (QED) is 0.289. The standard InChI is InChI=1S/C28H34N2O5S2/c1-6-15-30(37(32,33)24-10-7-21(2)8-11-24)20-28(31)29(19-27-22(3)14-17-36-27)16-13-23-9-12-25(34-4)26(18-23)35-5/h6-12,14,17-18H,1,13,15-16,19-20H2,2-5H3. The summed E-state index contributed by atoms with van der Waals surface area (Å²) >= 11 is 1.58. The van der Waals surface area contributed by atoms with Crippen LogP contribution in [0.2, 0.25) is 0 Å². The first-order chi connectivity index (χ1) is 17.7. The number of ether oxygens (including phenoxy) is 2. The van der Waals surface area contributed by atoms with Crippen molar-refractivity contribution in [3.05, 3.63) is 88.1 Å². The summed E-state index contributed by atoms with van der Waals surface area (Å²) < 4.78 is 38.6. The summed E-state index contributed by atoms with van der Waals surface area (Å²) in [7, 11) is -0.708. The molecule has 0 saturated carbocycles. The van der Waals surface area contributed by atoms with Gasteiger partial charge in [0.1, 0.15) is 0 Å². The molecule has 0 fully saturated rings. The molecule has 0 saturated heterocycles. The summed E-state index contributed by atoms with van der Waals surface area (Å²) in [6.45, 7) is 8.17. The van der Waals surface area contributed by atoms with Gasteiger partial charge in [0, 0.05) is 18.0 Å². The predicted octanol–water partition coefficient (Wildman–Crippen LogP) is 4.83. The lowest BCUT2D eigenvalue weighted by atomic mass is 10.1. The molecule has 3 rings (SSSR count). The van der Waals surface area contributed by atoms with Crippen molar-refractivity contribution in [2.45, 2.75) is 31.7 Å². The Hall–Kier alpha value is -3.14. The van der Waals surface area contributed by atoms with Gasteiger partial charge < -0.3 is 14.4 Å². The Morgan fingerprint density at radius 1 is 1.03 bits per heavy atom. The minimum absolute atomic E-state index is 0.0312. The van der Waals surface area contributed by atoms with Crippen molar-refractivity contribution in [2.75, 3.05) is 33.9 Å². The highest BCUT2D eigenvalue weighted by Crippen LogP contribution is 2.28. The second-order valence-corrected chi connectivity index (χ2v) is 11.6. The summed E-state index contributed by atoms with van der Waals surface area (Å²) in [5.74, 6) is 0.980. The van der Waals surface area contributed by atoms with Crippen LogP contribution in [0.3, 0.4) is 0 Å². The highest BCUT2D eigenvalue weighted by atomic mass is 32.2. The van der Waals surface area contributed by atoms with Crippen LogP contribution in [0.15, 0.2) is 71.5 Å². The number of thiophene rings is 1. The van der Waals surface area contributed by atoms with Gasteiger partial charge in [-0.3, -0.25) is 4.79 Å². The Labute approximate surface area is 224 Å². The molecule has 0 N–H and O–H groups in total. The van der Waals surface area contributed by atoms with Gasteiger partial charge in [-0.05, 0) is 67.1 Å². The molecule has 1 heterocycles. The number of sulfonamides is 1. The number of benzene rings is 2. The fraction of sp³-hybridized carbons (Fsp3) is 0.321. The lowest BCUT2D eigenvalue weighted by Crippen LogP contribution is -2.43. The molecule has 0 unspecified atom stereocenters. The fourth-order valence-electron chi connectivity index (χ4n) is 3.83. The van der Waals surface area contributed by atoms with E-state index in [1.54, 1.807) is 54.7 Å². The molecule has 1 aromatic heterocycles. The number of amides is 1. The molecule has 0 aliphatic carbocycles. The Morgan fingerprint density at radius 2 is 1.73 bits per heavy atom. The first-order valence-electron chi connectivity index (χ1n) is 11.9. The molecule has 0 atom stereocenters. The first kappa shape index (κ1) is 28.4. The number of carbonyl (C=O) groups is 1. The second kappa shape index (κ2) is 12.9. The zero-order valence-electron chi connectivity index (χ0n) is 21.8. The maximum absolute atomic E-state index is 13.6. The van der Waals surface area contributed by atoms with Crippen molar-refractivity contribution in [3.63, 3.8) is 0 Å². The van der Waals surface area contributed by atoms with E-state index in [9.17, 15) is 13.2 Å². The summed E-state index contributed by atoms with van der Waals surface area (Å²) in [5.41, 5.74) is 3.04. The van der Waals surface area contributed by atoms with Gasteiger partial charge >= 0.3 is 0 Å². The Bertz CT molecular complexity index is 1320. The number of methoxy groups -OCH3 is 2. The molecule has 3 aromatic rings. The van der Waals surface area contributed by atoms with Gasteiger partial charge in [-0.1, -0.05) is 29.8 Å². The summed E-state index contributed by atoms with van der Waals surface area (Å²) in [6, 6.07) is 14.3. The zero-order valence-corrected chi connectivity index (χ0v) is 23.4. The number of rotatable bonds is 13. The lowest BCUT2D eigenvalue weighted by molar-refractivity contribution is -0.131. The summed E-state index contributed by atoms with van der Waals surface area (Å²) in [5, 5.41) is 1.99. The first-order valence-corrected chi connectivity index (χ1v) is 14.2. The van der Waals surface area contributed by atoms with Crippen molar-refractivity contribution in [3.8, 4) is 11.5 Å². The third-order valence-corrected chi connectivity index (χ3v) is 8.91. The van der Waals surface area contributed by atoms with Crippen LogP contribution >= 0.6 is 11.3 Å². The van der Waals surface area contributed by atoms with Crippen LogP contribution in [0.4, 0.5) is 0 Å². The lowest BCUT2D eigenvalue weighted by Gasteiger charge is -2.27. The van der Waals surface area contributed by atoms with Crippen molar-refractivity contribution >= 4 is 27.3 Å². The Morgan fingerprint density at radius 3 is 2.32 bits per heavy atom. The third kappa shape index (κ3) is 7.21. The van der Waals surface area contributed by atoms with Gasteiger partial charge in [-0.25, -0.2) is 8.42 Å². The average molecular weight is 543 g/mol. The average Bonchev–Trinajstić information content (AvgIpc) is 3.30. The molecule has 0 aliphatic heterocycles. The minimum atomic E-state index is -3.88. The summed E-state index contributed by atoms with van der Waals surface area (Å²) in [4.78, 5) is 16.5. The Kier molecular flexibility index (Phi) is 9.91. The van der Waals surface area contributed by atoms with Crippen LogP contribution < -0.4 is 9.47 Å². The highest BCUT2D eigenvalue weighted by molar-refractivity contribution is 7.89. The fourth-order valence-corrected chi connectivity index (χ4v) is 6.11. The van der Waals surface area contributed by atoms with E-state index in [4.69, 9.17) is 9.47 Å². The van der Waals surface area contributed by atoms with Crippen molar-refractivity contribution in [1.82, 2.24) is 9.21 Å². The molecule has 198 valence electrons. The van der Waals surface area contributed by atoms with E-state index in [0.717, 1.165) is 21.6 Å². The van der Waals surface area contributed by atoms with Crippen LogP contribution in [-0.4, -0.2) is 57.4 Å². The molecule has 0 bridgehead atoms. The monoisotopic (exact) mass is 542 g/mol. The second-order valence-electron chi connectivity index (χ2n) is 8.68. The van der Waals surface area contributed by atoms with Crippen LogP contribution in [0, 0.1) is 13.8 Å². The van der Waals surface area contributed by atoms with E-state index in [2.05, 4.69) is 6.58 Å². The van der Waals surface area contributed by atoms with Gasteiger partial charge in [0.15, 0.2) is 11.5 Å². The molecule has 1 amide bonds. The van der Waals surface area contributed by atoms with Gasteiger partial charge in [-0.15, -0.1) is 17.9 Å². The maximum Gasteiger partial charge on any atom is 0.243 e. The number of carbonyl (C=O) groups excluding carboxylic acids is 1. The van der Waals surface area contributed by atoms with Gasteiger partial charge in [0.05, 0.1) is 32.2 Å². The largest absolute Gasteiger partial charge is 0.493 e. The van der Waals surface area contributed by atoms with Crippen molar-refractivity contribution in [2.24, 2.45) is 0 Å². The molecule has 2 aromatic carbocycles. The molecular formula is C28H34N2O5S2. The van der Waals surface area contributed by atoms with Crippen LogP contribution in [0.25, 0.3) is 0 Å². The van der Waals surface area contributed by atoms with Gasteiger partial charge in [0.25, 0.3) is 0 Å². The smallest absolute Gasteiger partial charge is 0.243 e. The molecule has 7 nitrogen and oxygen atoms in total. The van der Waals surface area contributed by atoms with Crippen LogP contribution in [-0.2, 0) is 27.8 Å². The van der Waals surface area contributed by atoms with E-state index in [0.29, 0.717) is 31.0 Å². The van der Waals surface area contributed by atoms with Crippen LogP contribution in [0.1, 0.15) is 21.6 Å². The van der Waals surface area contributed by atoms with Crippen LogP contribution in [0.5, 0.6) is 11.5 Å². The highest BCUT2D eigenvalue weighted by Gasteiger charge is 2.28. The SMILES string of the molecule is C=CCN(CC(=O)N(CCc1ccc(OC)c(OC)c1)Cc1sccc1C)S(=O)(=O)c1ccc(C)cc1. The molecular weight excluding hydrogens is 508 g/mol. The molecule has 37 heavy (non-hydrogen) atoms. The molecule has 0 spiro atoms. The molecule has 0 radical (unpaired) electrons. The third-order valence-electron chi connectivity index (χ3n) is 6.08. The summed E-state index contributed by atoms with van der Waals surface area (Å²) in [6.07, 6.45) is 2.07. The Balaban J connectivity index is 1.84. The molecule has 9 heteroatoms. The number of hydrogen-bond donors (Lipinski definition) is 0. The minimum Gasteiger partial charge on any atom is -0.493 e.